The molecule has 1 N–H and O–H groups in total. The molecule has 106 valence electrons. The molecular weight excluding hydrogens is 253 g/mol. The van der Waals surface area contributed by atoms with Crippen LogP contribution >= 0.6 is 0 Å². The van der Waals surface area contributed by atoms with E-state index in [2.05, 4.69) is 17.4 Å². The third kappa shape index (κ3) is 3.36. The Morgan fingerprint density at radius 3 is 2.40 bits per heavy atom. The lowest BCUT2D eigenvalue weighted by Crippen LogP contribution is -2.19. The van der Waals surface area contributed by atoms with Crippen molar-refractivity contribution < 1.29 is 9.13 Å². The molecule has 0 aliphatic carbocycles. The first-order chi connectivity index (χ1) is 9.63. The standard InChI is InChI=1S/C17H20FNO/c1-12-10-14(6-9-16(12)18)17(19-2)11-13-4-7-15(20-3)8-5-13/h4-10,17,19H,11H2,1-3H3. The number of rotatable bonds is 5. The van der Waals surface area contributed by atoms with Crippen molar-refractivity contribution >= 4 is 0 Å². The van der Waals surface area contributed by atoms with E-state index in [1.807, 2.05) is 31.3 Å². The van der Waals surface area contributed by atoms with E-state index in [1.54, 1.807) is 14.0 Å². The van der Waals surface area contributed by atoms with Crippen LogP contribution in [0.4, 0.5) is 4.39 Å². The number of hydrogen-bond acceptors (Lipinski definition) is 2. The second kappa shape index (κ2) is 6.53. The molecule has 20 heavy (non-hydrogen) atoms. The van der Waals surface area contributed by atoms with Gasteiger partial charge in [0.15, 0.2) is 0 Å². The molecule has 0 amide bonds. The Morgan fingerprint density at radius 2 is 1.85 bits per heavy atom. The van der Waals surface area contributed by atoms with Gasteiger partial charge in [-0.05, 0) is 55.3 Å². The fourth-order valence-electron chi connectivity index (χ4n) is 2.27. The summed E-state index contributed by atoms with van der Waals surface area (Å²) < 4.78 is 18.5. The number of likely N-dealkylation sites (N-methyl/N-ethyl adjacent to an activating group) is 1. The van der Waals surface area contributed by atoms with Gasteiger partial charge in [-0.15, -0.1) is 0 Å². The van der Waals surface area contributed by atoms with Crippen LogP contribution in [-0.2, 0) is 6.42 Å². The monoisotopic (exact) mass is 273 g/mol. The Kier molecular flexibility index (Phi) is 4.74. The first-order valence-electron chi connectivity index (χ1n) is 6.70. The van der Waals surface area contributed by atoms with Crippen molar-refractivity contribution in [3.05, 3.63) is 65.0 Å². The number of halogens is 1. The lowest BCUT2D eigenvalue weighted by molar-refractivity contribution is 0.414. The zero-order valence-electron chi connectivity index (χ0n) is 12.1. The van der Waals surface area contributed by atoms with E-state index in [-0.39, 0.29) is 11.9 Å². The number of ether oxygens (including phenoxy) is 1. The van der Waals surface area contributed by atoms with E-state index in [0.29, 0.717) is 5.56 Å². The van der Waals surface area contributed by atoms with Crippen molar-refractivity contribution in [1.82, 2.24) is 5.32 Å². The Bertz CT molecular complexity index is 566. The van der Waals surface area contributed by atoms with E-state index in [9.17, 15) is 4.39 Å². The van der Waals surface area contributed by atoms with Crippen LogP contribution in [0.15, 0.2) is 42.5 Å². The molecule has 2 nitrogen and oxygen atoms in total. The molecule has 0 saturated carbocycles. The topological polar surface area (TPSA) is 21.3 Å². The van der Waals surface area contributed by atoms with Gasteiger partial charge in [0.1, 0.15) is 11.6 Å². The van der Waals surface area contributed by atoms with Crippen LogP contribution in [0.5, 0.6) is 5.75 Å². The average Bonchev–Trinajstić information content (AvgIpc) is 2.48. The summed E-state index contributed by atoms with van der Waals surface area (Å²) in [6, 6.07) is 13.5. The third-order valence-corrected chi connectivity index (χ3v) is 3.53. The zero-order valence-corrected chi connectivity index (χ0v) is 12.1. The highest BCUT2D eigenvalue weighted by Gasteiger charge is 2.11. The molecule has 0 aromatic heterocycles. The molecule has 0 radical (unpaired) electrons. The molecule has 2 aromatic rings. The summed E-state index contributed by atoms with van der Waals surface area (Å²) in [5, 5.41) is 3.29. The fourth-order valence-corrected chi connectivity index (χ4v) is 2.27. The van der Waals surface area contributed by atoms with Crippen molar-refractivity contribution in [2.75, 3.05) is 14.2 Å². The Hall–Kier alpha value is -1.87. The number of aryl methyl sites for hydroxylation is 1. The van der Waals surface area contributed by atoms with Crippen molar-refractivity contribution in [1.29, 1.82) is 0 Å². The van der Waals surface area contributed by atoms with Gasteiger partial charge >= 0.3 is 0 Å². The van der Waals surface area contributed by atoms with Gasteiger partial charge in [0.05, 0.1) is 7.11 Å². The summed E-state index contributed by atoms with van der Waals surface area (Å²) in [5.41, 5.74) is 2.99. The largest absolute Gasteiger partial charge is 0.497 e. The maximum Gasteiger partial charge on any atom is 0.126 e. The minimum atomic E-state index is -0.159. The summed E-state index contributed by atoms with van der Waals surface area (Å²) in [5.74, 6) is 0.695. The van der Waals surface area contributed by atoms with Gasteiger partial charge in [0.25, 0.3) is 0 Å². The highest BCUT2D eigenvalue weighted by molar-refractivity contribution is 5.31. The van der Waals surface area contributed by atoms with Crippen molar-refractivity contribution in [3.63, 3.8) is 0 Å². The van der Waals surface area contributed by atoms with Crippen LogP contribution in [0.1, 0.15) is 22.7 Å². The molecule has 0 spiro atoms. The van der Waals surface area contributed by atoms with Gasteiger partial charge in [0.2, 0.25) is 0 Å². The van der Waals surface area contributed by atoms with E-state index in [4.69, 9.17) is 4.74 Å². The van der Waals surface area contributed by atoms with Crippen molar-refractivity contribution in [2.45, 2.75) is 19.4 Å². The predicted octanol–water partition coefficient (Wildman–Crippen LogP) is 3.65. The maximum atomic E-state index is 13.3. The predicted molar refractivity (Wildman–Crippen MR) is 79.6 cm³/mol. The van der Waals surface area contributed by atoms with E-state index < -0.39 is 0 Å². The van der Waals surface area contributed by atoms with Gasteiger partial charge in [-0.3, -0.25) is 0 Å². The van der Waals surface area contributed by atoms with Crippen LogP contribution in [0.2, 0.25) is 0 Å². The summed E-state index contributed by atoms with van der Waals surface area (Å²) in [6.45, 7) is 1.79. The second-order valence-corrected chi connectivity index (χ2v) is 4.90. The van der Waals surface area contributed by atoms with Crippen LogP contribution in [0, 0.1) is 12.7 Å². The molecule has 3 heteroatoms. The van der Waals surface area contributed by atoms with E-state index in [0.717, 1.165) is 17.7 Å². The Balaban J connectivity index is 2.16. The second-order valence-electron chi connectivity index (χ2n) is 4.90. The highest BCUT2D eigenvalue weighted by Crippen LogP contribution is 2.22. The summed E-state index contributed by atoms with van der Waals surface area (Å²) in [4.78, 5) is 0. The van der Waals surface area contributed by atoms with Crippen molar-refractivity contribution in [2.24, 2.45) is 0 Å². The van der Waals surface area contributed by atoms with Crippen LogP contribution in [0.25, 0.3) is 0 Å². The minimum absolute atomic E-state index is 0.159. The van der Waals surface area contributed by atoms with Crippen LogP contribution in [-0.4, -0.2) is 14.2 Å². The van der Waals surface area contributed by atoms with Crippen LogP contribution in [0.3, 0.4) is 0 Å². The molecular formula is C17H20FNO. The lowest BCUT2D eigenvalue weighted by Gasteiger charge is -2.17. The first kappa shape index (κ1) is 14.5. The number of benzene rings is 2. The summed E-state index contributed by atoms with van der Waals surface area (Å²) in [6.07, 6.45) is 0.853. The number of methoxy groups -OCH3 is 1. The summed E-state index contributed by atoms with van der Waals surface area (Å²) >= 11 is 0. The highest BCUT2D eigenvalue weighted by atomic mass is 19.1. The molecule has 0 aliphatic rings. The molecule has 1 atom stereocenters. The van der Waals surface area contributed by atoms with E-state index in [1.165, 1.54) is 11.6 Å². The molecule has 0 saturated heterocycles. The molecule has 2 aromatic carbocycles. The molecule has 2 rings (SSSR count). The normalized spacial score (nSPS) is 12.2. The SMILES string of the molecule is CNC(Cc1ccc(OC)cc1)c1ccc(F)c(C)c1. The van der Waals surface area contributed by atoms with E-state index >= 15 is 0 Å². The maximum absolute atomic E-state index is 13.3. The van der Waals surface area contributed by atoms with Gasteiger partial charge in [-0.2, -0.15) is 0 Å². The van der Waals surface area contributed by atoms with Gasteiger partial charge < -0.3 is 10.1 Å². The smallest absolute Gasteiger partial charge is 0.126 e. The lowest BCUT2D eigenvalue weighted by atomic mass is 9.97. The molecule has 0 heterocycles. The minimum Gasteiger partial charge on any atom is -0.497 e. The quantitative estimate of drug-likeness (QED) is 0.898. The number of hydrogen-bond donors (Lipinski definition) is 1. The average molecular weight is 273 g/mol. The van der Waals surface area contributed by atoms with Gasteiger partial charge in [-0.1, -0.05) is 24.3 Å². The fraction of sp³-hybridized carbons (Fsp3) is 0.294. The van der Waals surface area contributed by atoms with Gasteiger partial charge in [0, 0.05) is 6.04 Å². The summed E-state index contributed by atoms with van der Waals surface area (Å²) in [7, 11) is 3.58. The van der Waals surface area contributed by atoms with Gasteiger partial charge in [-0.25, -0.2) is 4.39 Å². The Labute approximate surface area is 119 Å². The number of nitrogens with one attached hydrogen (secondary N) is 1. The first-order valence-corrected chi connectivity index (χ1v) is 6.70. The molecule has 1 unspecified atom stereocenters. The molecule has 0 bridgehead atoms. The van der Waals surface area contributed by atoms with Crippen LogP contribution < -0.4 is 10.1 Å². The third-order valence-electron chi connectivity index (χ3n) is 3.53. The zero-order chi connectivity index (χ0) is 14.5. The van der Waals surface area contributed by atoms with Crippen molar-refractivity contribution in [3.8, 4) is 5.75 Å². The Morgan fingerprint density at radius 1 is 1.15 bits per heavy atom. The molecule has 0 fully saturated rings. The molecule has 0 aliphatic heterocycles.